The average Bonchev–Trinajstić information content (AvgIpc) is 2.75. The Hall–Kier alpha value is -1.87. The van der Waals surface area contributed by atoms with Gasteiger partial charge in [0.05, 0.1) is 0 Å². The topological polar surface area (TPSA) is 30.7 Å². The van der Waals surface area contributed by atoms with Crippen LogP contribution < -0.4 is 0 Å². The number of imidazole rings is 1. The first-order valence-corrected chi connectivity index (χ1v) is 7.40. The van der Waals surface area contributed by atoms with Gasteiger partial charge in [-0.3, -0.25) is 4.57 Å². The molecule has 0 aliphatic carbocycles. The number of fused-ring (bicyclic) bond motifs is 1. The molecule has 4 heteroatoms. The number of hydrogen-bond donors (Lipinski definition) is 0. The molecule has 21 heavy (non-hydrogen) atoms. The highest BCUT2D eigenvalue weighted by atomic mass is 35.5. The maximum absolute atomic E-state index is 6.00. The number of nitrogens with zero attached hydrogens (tertiary/aromatic N) is 3. The predicted octanol–water partition coefficient (Wildman–Crippen LogP) is 4.66. The smallest absolute Gasteiger partial charge is 0.164 e. The summed E-state index contributed by atoms with van der Waals surface area (Å²) < 4.78 is 2.12. The molecule has 0 saturated heterocycles. The van der Waals surface area contributed by atoms with Crippen LogP contribution in [0.5, 0.6) is 0 Å². The average molecular weight is 300 g/mol. The molecule has 0 unspecified atom stereocenters. The highest BCUT2D eigenvalue weighted by Gasteiger charge is 2.19. The molecule has 0 aliphatic heterocycles. The molecule has 2 aromatic heterocycles. The van der Waals surface area contributed by atoms with Crippen molar-refractivity contribution in [2.24, 2.45) is 5.41 Å². The number of rotatable bonds is 2. The zero-order chi connectivity index (χ0) is 15.0. The van der Waals surface area contributed by atoms with Crippen molar-refractivity contribution < 1.29 is 0 Å². The number of aromatic nitrogens is 3. The van der Waals surface area contributed by atoms with Crippen molar-refractivity contribution in [3.05, 3.63) is 53.4 Å². The van der Waals surface area contributed by atoms with E-state index in [0.717, 1.165) is 34.1 Å². The number of hydrogen-bond acceptors (Lipinski definition) is 2. The molecule has 0 spiro atoms. The molecular weight excluding hydrogens is 282 g/mol. The normalized spacial score (nSPS) is 12.0. The third-order valence-corrected chi connectivity index (χ3v) is 3.51. The zero-order valence-electron chi connectivity index (χ0n) is 12.5. The van der Waals surface area contributed by atoms with Crippen LogP contribution in [0.15, 0.2) is 42.6 Å². The van der Waals surface area contributed by atoms with Gasteiger partial charge in [0, 0.05) is 23.3 Å². The Balaban J connectivity index is 2.22. The summed E-state index contributed by atoms with van der Waals surface area (Å²) in [6.45, 7) is 6.64. The first-order chi connectivity index (χ1) is 9.94. The molecule has 3 nitrogen and oxygen atoms in total. The fraction of sp³-hybridized carbons (Fsp3) is 0.294. The van der Waals surface area contributed by atoms with Crippen LogP contribution in [0.4, 0.5) is 0 Å². The lowest BCUT2D eigenvalue weighted by molar-refractivity contribution is 0.399. The summed E-state index contributed by atoms with van der Waals surface area (Å²) in [5.41, 5.74) is 3.01. The van der Waals surface area contributed by atoms with Crippen molar-refractivity contribution in [1.29, 1.82) is 0 Å². The Morgan fingerprint density at radius 1 is 1.10 bits per heavy atom. The van der Waals surface area contributed by atoms with Gasteiger partial charge in [0.15, 0.2) is 5.65 Å². The van der Waals surface area contributed by atoms with Crippen LogP contribution in [-0.4, -0.2) is 14.5 Å². The molecule has 3 rings (SSSR count). The Kier molecular flexibility index (Phi) is 3.46. The quantitative estimate of drug-likeness (QED) is 0.689. The summed E-state index contributed by atoms with van der Waals surface area (Å²) in [6.07, 6.45) is 2.68. The second-order valence-corrected chi connectivity index (χ2v) is 6.86. The van der Waals surface area contributed by atoms with Gasteiger partial charge in [-0.1, -0.05) is 32.4 Å². The van der Waals surface area contributed by atoms with E-state index in [1.165, 1.54) is 0 Å². The maximum atomic E-state index is 6.00. The molecule has 0 aliphatic rings. The molecule has 0 N–H and O–H groups in total. The molecule has 0 radical (unpaired) electrons. The minimum Gasteiger partial charge on any atom is -0.281 e. The lowest BCUT2D eigenvalue weighted by Crippen LogP contribution is -2.14. The van der Waals surface area contributed by atoms with Crippen LogP contribution in [0.1, 0.15) is 26.6 Å². The van der Waals surface area contributed by atoms with Crippen molar-refractivity contribution in [2.75, 3.05) is 0 Å². The highest BCUT2D eigenvalue weighted by Crippen LogP contribution is 2.26. The van der Waals surface area contributed by atoms with Gasteiger partial charge in [-0.15, -0.1) is 0 Å². The summed E-state index contributed by atoms with van der Waals surface area (Å²) in [5, 5.41) is 0.730. The molecular formula is C17H18ClN3. The number of halogens is 1. The second-order valence-electron chi connectivity index (χ2n) is 6.42. The lowest BCUT2D eigenvalue weighted by Gasteiger charge is -2.18. The third kappa shape index (κ3) is 2.93. The van der Waals surface area contributed by atoms with Crippen LogP contribution in [-0.2, 0) is 6.42 Å². The highest BCUT2D eigenvalue weighted by molar-refractivity contribution is 6.30. The summed E-state index contributed by atoms with van der Waals surface area (Å²) in [6, 6.07) is 11.7. The van der Waals surface area contributed by atoms with E-state index >= 15 is 0 Å². The van der Waals surface area contributed by atoms with Crippen LogP contribution in [0, 0.1) is 5.41 Å². The van der Waals surface area contributed by atoms with Gasteiger partial charge in [0.1, 0.15) is 11.3 Å². The van der Waals surface area contributed by atoms with E-state index in [1.54, 1.807) is 6.20 Å². The van der Waals surface area contributed by atoms with Gasteiger partial charge in [-0.2, -0.15) is 0 Å². The van der Waals surface area contributed by atoms with Gasteiger partial charge in [0.2, 0.25) is 0 Å². The van der Waals surface area contributed by atoms with E-state index in [9.17, 15) is 0 Å². The fourth-order valence-electron chi connectivity index (χ4n) is 2.41. The Bertz CT molecular complexity index is 767. The Morgan fingerprint density at radius 3 is 2.48 bits per heavy atom. The molecule has 0 bridgehead atoms. The largest absolute Gasteiger partial charge is 0.281 e. The van der Waals surface area contributed by atoms with E-state index < -0.39 is 0 Å². The number of benzene rings is 1. The predicted molar refractivity (Wildman–Crippen MR) is 87.0 cm³/mol. The Morgan fingerprint density at radius 2 is 1.81 bits per heavy atom. The van der Waals surface area contributed by atoms with Crippen molar-refractivity contribution in [3.8, 4) is 5.69 Å². The molecule has 2 heterocycles. The summed E-state index contributed by atoms with van der Waals surface area (Å²) >= 11 is 6.00. The monoisotopic (exact) mass is 299 g/mol. The SMILES string of the molecule is CC(C)(C)Cc1nc2cccnc2n1-c1ccc(Cl)cc1. The maximum Gasteiger partial charge on any atom is 0.164 e. The van der Waals surface area contributed by atoms with Crippen molar-refractivity contribution in [2.45, 2.75) is 27.2 Å². The fourth-order valence-corrected chi connectivity index (χ4v) is 2.54. The third-order valence-electron chi connectivity index (χ3n) is 3.26. The van der Waals surface area contributed by atoms with Gasteiger partial charge >= 0.3 is 0 Å². The molecule has 0 saturated carbocycles. The molecule has 0 amide bonds. The van der Waals surface area contributed by atoms with Gasteiger partial charge < -0.3 is 0 Å². The molecule has 0 fully saturated rings. The standard InChI is InChI=1S/C17H18ClN3/c1-17(2,3)11-15-20-14-5-4-10-19-16(14)21(15)13-8-6-12(18)7-9-13/h4-10H,11H2,1-3H3. The van der Waals surface area contributed by atoms with Gasteiger partial charge in [0.25, 0.3) is 0 Å². The van der Waals surface area contributed by atoms with Gasteiger partial charge in [-0.05, 0) is 41.8 Å². The minimum atomic E-state index is 0.158. The van der Waals surface area contributed by atoms with E-state index in [4.69, 9.17) is 16.6 Å². The van der Waals surface area contributed by atoms with Crippen molar-refractivity contribution >= 4 is 22.8 Å². The minimum absolute atomic E-state index is 0.158. The lowest BCUT2D eigenvalue weighted by atomic mass is 9.92. The van der Waals surface area contributed by atoms with Crippen LogP contribution in [0.2, 0.25) is 5.02 Å². The van der Waals surface area contributed by atoms with Crippen LogP contribution in [0.3, 0.4) is 0 Å². The van der Waals surface area contributed by atoms with Crippen molar-refractivity contribution in [1.82, 2.24) is 14.5 Å². The summed E-state index contributed by atoms with van der Waals surface area (Å²) in [4.78, 5) is 9.26. The molecule has 108 valence electrons. The zero-order valence-corrected chi connectivity index (χ0v) is 13.2. The van der Waals surface area contributed by atoms with E-state index in [-0.39, 0.29) is 5.41 Å². The van der Waals surface area contributed by atoms with E-state index in [1.807, 2.05) is 36.4 Å². The first kappa shape index (κ1) is 14.1. The Labute approximate surface area is 129 Å². The summed E-state index contributed by atoms with van der Waals surface area (Å²) in [7, 11) is 0. The molecule has 3 aromatic rings. The van der Waals surface area contributed by atoms with Crippen LogP contribution in [0.25, 0.3) is 16.9 Å². The summed E-state index contributed by atoms with van der Waals surface area (Å²) in [5.74, 6) is 1.03. The van der Waals surface area contributed by atoms with Gasteiger partial charge in [-0.25, -0.2) is 9.97 Å². The number of pyridine rings is 1. The first-order valence-electron chi connectivity index (χ1n) is 7.02. The molecule has 1 aromatic carbocycles. The van der Waals surface area contributed by atoms with E-state index in [2.05, 4.69) is 30.3 Å². The van der Waals surface area contributed by atoms with E-state index in [0.29, 0.717) is 0 Å². The molecule has 0 atom stereocenters. The second kappa shape index (κ2) is 5.15. The van der Waals surface area contributed by atoms with Crippen LogP contribution >= 0.6 is 11.6 Å². The van der Waals surface area contributed by atoms with Crippen molar-refractivity contribution in [3.63, 3.8) is 0 Å².